The van der Waals surface area contributed by atoms with Crippen molar-refractivity contribution in [3.8, 4) is 6.07 Å². The molecule has 0 fully saturated rings. The fourth-order valence-corrected chi connectivity index (χ4v) is 1.63. The van der Waals surface area contributed by atoms with Gasteiger partial charge in [0.15, 0.2) is 0 Å². The number of nitriles is 1. The second-order valence-corrected chi connectivity index (χ2v) is 5.36. The highest BCUT2D eigenvalue weighted by molar-refractivity contribution is 9.10. The molecule has 1 rings (SSSR count). The van der Waals surface area contributed by atoms with E-state index in [1.165, 1.54) is 0 Å². The molecule has 0 aliphatic rings. The van der Waals surface area contributed by atoms with Gasteiger partial charge in [-0.1, -0.05) is 0 Å². The summed E-state index contributed by atoms with van der Waals surface area (Å²) in [5.41, 5.74) is 0.797. The fourth-order valence-electron chi connectivity index (χ4n) is 1.16. The maximum atomic E-state index is 11.8. The minimum atomic E-state index is -0.266. The largest absolute Gasteiger partial charge is 0.347 e. The van der Waals surface area contributed by atoms with Crippen molar-refractivity contribution in [2.45, 2.75) is 26.3 Å². The molecule has 0 aliphatic heterocycles. The molecule has 0 aromatic heterocycles. The molecule has 0 spiro atoms. The topological polar surface area (TPSA) is 52.9 Å². The summed E-state index contributed by atoms with van der Waals surface area (Å²) < 4.78 is 0.636. The van der Waals surface area contributed by atoms with Crippen molar-refractivity contribution in [3.05, 3.63) is 33.8 Å². The maximum absolute atomic E-state index is 11.8. The zero-order valence-electron chi connectivity index (χ0n) is 9.47. The lowest BCUT2D eigenvalue weighted by Crippen LogP contribution is -2.40. The van der Waals surface area contributed by atoms with E-state index in [0.29, 0.717) is 15.6 Å². The number of nitrogens with zero attached hydrogens (tertiary/aromatic N) is 1. The zero-order chi connectivity index (χ0) is 12.3. The minimum absolute atomic E-state index is 0.141. The van der Waals surface area contributed by atoms with E-state index in [-0.39, 0.29) is 11.4 Å². The Morgan fingerprint density at radius 1 is 1.44 bits per heavy atom. The quantitative estimate of drug-likeness (QED) is 0.860. The molecule has 1 N–H and O–H groups in total. The third-order valence-corrected chi connectivity index (χ3v) is 2.50. The number of halogens is 1. The SMILES string of the molecule is CC(C)(C)NC(=O)c1ccc(C#N)c(Br)c1. The highest BCUT2D eigenvalue weighted by atomic mass is 79.9. The van der Waals surface area contributed by atoms with Crippen LogP contribution in [-0.2, 0) is 0 Å². The van der Waals surface area contributed by atoms with E-state index >= 15 is 0 Å². The number of amides is 1. The van der Waals surface area contributed by atoms with E-state index in [2.05, 4.69) is 21.2 Å². The smallest absolute Gasteiger partial charge is 0.251 e. The second-order valence-electron chi connectivity index (χ2n) is 4.51. The van der Waals surface area contributed by atoms with Crippen molar-refractivity contribution in [1.82, 2.24) is 5.32 Å². The highest BCUT2D eigenvalue weighted by Crippen LogP contribution is 2.18. The van der Waals surface area contributed by atoms with E-state index in [0.717, 1.165) is 0 Å². The van der Waals surface area contributed by atoms with Crippen LogP contribution in [0, 0.1) is 11.3 Å². The molecule has 4 heteroatoms. The Labute approximate surface area is 104 Å². The van der Waals surface area contributed by atoms with Crippen molar-refractivity contribution in [2.75, 3.05) is 0 Å². The van der Waals surface area contributed by atoms with Crippen LogP contribution in [0.4, 0.5) is 0 Å². The Bertz CT molecular complexity index is 455. The first kappa shape index (κ1) is 12.7. The number of rotatable bonds is 1. The normalized spacial score (nSPS) is 10.7. The number of carbonyl (C=O) groups is 1. The molecule has 0 heterocycles. The van der Waals surface area contributed by atoms with Crippen LogP contribution in [0.5, 0.6) is 0 Å². The molecule has 0 aliphatic carbocycles. The molecule has 0 atom stereocenters. The monoisotopic (exact) mass is 280 g/mol. The Morgan fingerprint density at radius 2 is 2.06 bits per heavy atom. The third-order valence-electron chi connectivity index (χ3n) is 1.84. The van der Waals surface area contributed by atoms with Gasteiger partial charge in [-0.2, -0.15) is 5.26 Å². The van der Waals surface area contributed by atoms with Crippen molar-refractivity contribution >= 4 is 21.8 Å². The third kappa shape index (κ3) is 3.35. The van der Waals surface area contributed by atoms with Crippen LogP contribution < -0.4 is 5.32 Å². The summed E-state index contributed by atoms with van der Waals surface area (Å²) in [6.07, 6.45) is 0. The first-order chi connectivity index (χ1) is 7.33. The average molecular weight is 281 g/mol. The molecule has 0 saturated heterocycles. The molecular formula is C12H13BrN2O. The summed E-state index contributed by atoms with van der Waals surface area (Å²) in [6, 6.07) is 6.95. The lowest BCUT2D eigenvalue weighted by atomic mass is 10.1. The van der Waals surface area contributed by atoms with Gasteiger partial charge in [-0.3, -0.25) is 4.79 Å². The van der Waals surface area contributed by atoms with E-state index in [1.54, 1.807) is 18.2 Å². The number of benzene rings is 1. The molecule has 0 saturated carbocycles. The molecule has 16 heavy (non-hydrogen) atoms. The molecule has 1 aromatic carbocycles. The van der Waals surface area contributed by atoms with Gasteiger partial charge >= 0.3 is 0 Å². The first-order valence-electron chi connectivity index (χ1n) is 4.85. The van der Waals surface area contributed by atoms with Crippen LogP contribution in [0.3, 0.4) is 0 Å². The van der Waals surface area contributed by atoms with E-state index in [1.807, 2.05) is 26.8 Å². The number of nitrogens with one attached hydrogen (secondary N) is 1. The Morgan fingerprint density at radius 3 is 2.50 bits per heavy atom. The van der Waals surface area contributed by atoms with Gasteiger partial charge in [0.2, 0.25) is 0 Å². The standard InChI is InChI=1S/C12H13BrN2O/c1-12(2,3)15-11(16)8-4-5-9(7-14)10(13)6-8/h4-6H,1-3H3,(H,15,16). The van der Waals surface area contributed by atoms with Crippen LogP contribution in [0.1, 0.15) is 36.7 Å². The summed E-state index contributed by atoms with van der Waals surface area (Å²) in [5.74, 6) is -0.141. The van der Waals surface area contributed by atoms with Gasteiger partial charge in [-0.05, 0) is 54.9 Å². The van der Waals surface area contributed by atoms with Gasteiger partial charge in [-0.15, -0.1) is 0 Å². The first-order valence-corrected chi connectivity index (χ1v) is 5.65. The molecule has 84 valence electrons. The molecule has 3 nitrogen and oxygen atoms in total. The van der Waals surface area contributed by atoms with Crippen LogP contribution in [0.2, 0.25) is 0 Å². The van der Waals surface area contributed by atoms with Gasteiger partial charge in [0, 0.05) is 15.6 Å². The zero-order valence-corrected chi connectivity index (χ0v) is 11.1. The Kier molecular flexibility index (Phi) is 3.71. The van der Waals surface area contributed by atoms with E-state index in [4.69, 9.17) is 5.26 Å². The van der Waals surface area contributed by atoms with Crippen molar-refractivity contribution in [2.24, 2.45) is 0 Å². The van der Waals surface area contributed by atoms with E-state index in [9.17, 15) is 4.79 Å². The lowest BCUT2D eigenvalue weighted by Gasteiger charge is -2.20. The maximum Gasteiger partial charge on any atom is 0.251 e. The highest BCUT2D eigenvalue weighted by Gasteiger charge is 2.15. The molecular weight excluding hydrogens is 268 g/mol. The summed E-state index contributed by atoms with van der Waals surface area (Å²) >= 11 is 3.25. The van der Waals surface area contributed by atoms with Gasteiger partial charge < -0.3 is 5.32 Å². The Hall–Kier alpha value is -1.34. The summed E-state index contributed by atoms with van der Waals surface area (Å²) in [5, 5.41) is 11.6. The molecule has 1 amide bonds. The van der Waals surface area contributed by atoms with Gasteiger partial charge in [0.1, 0.15) is 6.07 Å². The fraction of sp³-hybridized carbons (Fsp3) is 0.333. The van der Waals surface area contributed by atoms with Gasteiger partial charge in [-0.25, -0.2) is 0 Å². The van der Waals surface area contributed by atoms with Gasteiger partial charge in [0.05, 0.1) is 5.56 Å². The average Bonchev–Trinajstić information content (AvgIpc) is 2.15. The van der Waals surface area contributed by atoms with Crippen molar-refractivity contribution in [1.29, 1.82) is 5.26 Å². The van der Waals surface area contributed by atoms with Crippen LogP contribution in [0.15, 0.2) is 22.7 Å². The predicted octanol–water partition coefficient (Wildman–Crippen LogP) is 2.85. The van der Waals surface area contributed by atoms with Crippen LogP contribution in [-0.4, -0.2) is 11.4 Å². The lowest BCUT2D eigenvalue weighted by molar-refractivity contribution is 0.0919. The molecule has 1 aromatic rings. The van der Waals surface area contributed by atoms with Crippen molar-refractivity contribution in [3.63, 3.8) is 0 Å². The number of hydrogen-bond donors (Lipinski definition) is 1. The van der Waals surface area contributed by atoms with Gasteiger partial charge in [0.25, 0.3) is 5.91 Å². The minimum Gasteiger partial charge on any atom is -0.347 e. The van der Waals surface area contributed by atoms with Crippen LogP contribution in [0.25, 0.3) is 0 Å². The molecule has 0 radical (unpaired) electrons. The summed E-state index contributed by atoms with van der Waals surface area (Å²) in [4.78, 5) is 11.8. The van der Waals surface area contributed by atoms with Crippen molar-refractivity contribution < 1.29 is 4.79 Å². The second kappa shape index (κ2) is 4.67. The summed E-state index contributed by atoms with van der Waals surface area (Å²) in [6.45, 7) is 5.76. The molecule has 0 bridgehead atoms. The Balaban J connectivity index is 2.95. The summed E-state index contributed by atoms with van der Waals surface area (Å²) in [7, 11) is 0. The number of hydrogen-bond acceptors (Lipinski definition) is 2. The number of carbonyl (C=O) groups excluding carboxylic acids is 1. The predicted molar refractivity (Wildman–Crippen MR) is 66.1 cm³/mol. The van der Waals surface area contributed by atoms with E-state index < -0.39 is 0 Å². The molecule has 0 unspecified atom stereocenters. The van der Waals surface area contributed by atoms with Crippen LogP contribution >= 0.6 is 15.9 Å².